The molecule has 138 valence electrons. The average Bonchev–Trinajstić information content (AvgIpc) is 2.61. The van der Waals surface area contributed by atoms with Gasteiger partial charge in [-0.1, -0.05) is 0 Å². The summed E-state index contributed by atoms with van der Waals surface area (Å²) in [5.41, 5.74) is 1.59. The molecule has 0 fully saturated rings. The first-order valence-corrected chi connectivity index (χ1v) is 7.97. The molecule has 1 aliphatic heterocycles. The van der Waals surface area contributed by atoms with Gasteiger partial charge in [0.2, 0.25) is 0 Å². The second-order valence-electron chi connectivity index (χ2n) is 5.64. The Bertz CT molecular complexity index is 814. The molecule has 0 saturated carbocycles. The van der Waals surface area contributed by atoms with E-state index in [4.69, 9.17) is 14.2 Å². The number of halogens is 2. The van der Waals surface area contributed by atoms with Crippen LogP contribution in [0.4, 0.5) is 19.3 Å². The van der Waals surface area contributed by atoms with E-state index in [0.717, 1.165) is 6.07 Å². The Morgan fingerprint density at radius 1 is 1.27 bits per heavy atom. The SMILES string of the molecule is COc1ccc(NC(=O)NCCc2cc(F)cc3c2OCOC3)cc1F. The van der Waals surface area contributed by atoms with Crippen molar-refractivity contribution in [2.45, 2.75) is 13.0 Å². The molecule has 1 heterocycles. The van der Waals surface area contributed by atoms with Crippen molar-refractivity contribution in [2.24, 2.45) is 0 Å². The third kappa shape index (κ3) is 4.20. The van der Waals surface area contributed by atoms with E-state index >= 15 is 0 Å². The maximum atomic E-state index is 13.7. The first-order valence-electron chi connectivity index (χ1n) is 7.97. The van der Waals surface area contributed by atoms with Crippen LogP contribution in [-0.4, -0.2) is 26.5 Å². The number of hydrogen-bond donors (Lipinski definition) is 2. The first-order chi connectivity index (χ1) is 12.6. The molecule has 1 aliphatic rings. The van der Waals surface area contributed by atoms with Gasteiger partial charge in [0.1, 0.15) is 11.6 Å². The lowest BCUT2D eigenvalue weighted by atomic mass is 10.1. The van der Waals surface area contributed by atoms with Crippen molar-refractivity contribution in [1.82, 2.24) is 5.32 Å². The van der Waals surface area contributed by atoms with Crippen LogP contribution in [0, 0.1) is 11.6 Å². The average molecular weight is 364 g/mol. The van der Waals surface area contributed by atoms with Crippen LogP contribution in [0.3, 0.4) is 0 Å². The maximum Gasteiger partial charge on any atom is 0.319 e. The van der Waals surface area contributed by atoms with E-state index in [2.05, 4.69) is 10.6 Å². The number of amides is 2. The molecule has 8 heteroatoms. The van der Waals surface area contributed by atoms with Crippen LogP contribution >= 0.6 is 0 Å². The van der Waals surface area contributed by atoms with Crippen molar-refractivity contribution in [3.8, 4) is 11.5 Å². The summed E-state index contributed by atoms with van der Waals surface area (Å²) in [5, 5.41) is 5.16. The molecule has 0 unspecified atom stereocenters. The number of urea groups is 1. The molecule has 0 aromatic heterocycles. The second-order valence-corrected chi connectivity index (χ2v) is 5.64. The van der Waals surface area contributed by atoms with Gasteiger partial charge >= 0.3 is 6.03 Å². The number of hydrogen-bond acceptors (Lipinski definition) is 4. The number of rotatable bonds is 5. The highest BCUT2D eigenvalue weighted by Gasteiger charge is 2.17. The van der Waals surface area contributed by atoms with Gasteiger partial charge in [-0.2, -0.15) is 0 Å². The minimum absolute atomic E-state index is 0.0933. The molecule has 2 amide bonds. The van der Waals surface area contributed by atoms with Gasteiger partial charge in [-0.25, -0.2) is 13.6 Å². The fourth-order valence-electron chi connectivity index (χ4n) is 2.67. The predicted molar refractivity (Wildman–Crippen MR) is 90.4 cm³/mol. The van der Waals surface area contributed by atoms with Gasteiger partial charge in [0.15, 0.2) is 18.4 Å². The number of methoxy groups -OCH3 is 1. The molecule has 0 spiro atoms. The van der Waals surface area contributed by atoms with Gasteiger partial charge in [0, 0.05) is 23.9 Å². The van der Waals surface area contributed by atoms with E-state index in [9.17, 15) is 13.6 Å². The molecule has 2 aromatic rings. The molecule has 3 rings (SSSR count). The van der Waals surface area contributed by atoms with Crippen LogP contribution in [0.2, 0.25) is 0 Å². The van der Waals surface area contributed by atoms with Crippen LogP contribution < -0.4 is 20.1 Å². The molecule has 2 N–H and O–H groups in total. The summed E-state index contributed by atoms with van der Waals surface area (Å²) >= 11 is 0. The van der Waals surface area contributed by atoms with Gasteiger partial charge in [0.25, 0.3) is 0 Å². The Kier molecular flexibility index (Phi) is 5.52. The monoisotopic (exact) mass is 364 g/mol. The van der Waals surface area contributed by atoms with E-state index < -0.39 is 11.8 Å². The van der Waals surface area contributed by atoms with Crippen LogP contribution in [0.1, 0.15) is 11.1 Å². The lowest BCUT2D eigenvalue weighted by Crippen LogP contribution is -2.30. The largest absolute Gasteiger partial charge is 0.494 e. The number of ether oxygens (including phenoxy) is 3. The van der Waals surface area contributed by atoms with E-state index in [1.807, 2.05) is 0 Å². The molecule has 6 nitrogen and oxygen atoms in total. The van der Waals surface area contributed by atoms with Crippen LogP contribution in [-0.2, 0) is 17.8 Å². The van der Waals surface area contributed by atoms with Crippen molar-refractivity contribution in [1.29, 1.82) is 0 Å². The van der Waals surface area contributed by atoms with Crippen LogP contribution in [0.5, 0.6) is 11.5 Å². The van der Waals surface area contributed by atoms with Gasteiger partial charge in [0.05, 0.1) is 13.7 Å². The normalized spacial score (nSPS) is 12.7. The molecule has 0 bridgehead atoms. The number of fused-ring (bicyclic) bond motifs is 1. The number of carbonyl (C=O) groups excluding carboxylic acids is 1. The summed E-state index contributed by atoms with van der Waals surface area (Å²) in [6.07, 6.45) is 0.379. The highest BCUT2D eigenvalue weighted by Crippen LogP contribution is 2.29. The van der Waals surface area contributed by atoms with Gasteiger partial charge < -0.3 is 24.8 Å². The lowest BCUT2D eigenvalue weighted by molar-refractivity contribution is -0.0172. The van der Waals surface area contributed by atoms with Crippen molar-refractivity contribution in [2.75, 3.05) is 25.8 Å². The Balaban J connectivity index is 1.56. The van der Waals surface area contributed by atoms with Crippen molar-refractivity contribution in [3.63, 3.8) is 0 Å². The summed E-state index contributed by atoms with van der Waals surface area (Å²) in [4.78, 5) is 11.9. The smallest absolute Gasteiger partial charge is 0.319 e. The van der Waals surface area contributed by atoms with Crippen LogP contribution in [0.25, 0.3) is 0 Å². The highest BCUT2D eigenvalue weighted by atomic mass is 19.1. The molecular weight excluding hydrogens is 346 g/mol. The van der Waals surface area contributed by atoms with Gasteiger partial charge in [-0.15, -0.1) is 0 Å². The van der Waals surface area contributed by atoms with E-state index in [1.54, 1.807) is 0 Å². The third-order valence-corrected chi connectivity index (χ3v) is 3.84. The van der Waals surface area contributed by atoms with Crippen LogP contribution in [0.15, 0.2) is 30.3 Å². The number of benzene rings is 2. The topological polar surface area (TPSA) is 68.8 Å². The predicted octanol–water partition coefficient (Wildman–Crippen LogP) is 3.20. The Labute approximate surface area is 149 Å². The minimum atomic E-state index is -0.573. The zero-order chi connectivity index (χ0) is 18.5. The van der Waals surface area contributed by atoms with E-state index in [0.29, 0.717) is 29.0 Å². The van der Waals surface area contributed by atoms with Gasteiger partial charge in [-0.05, 0) is 36.2 Å². The summed E-state index contributed by atoms with van der Waals surface area (Å²) in [5.74, 6) is -0.269. The number of nitrogens with one attached hydrogen (secondary N) is 2. The minimum Gasteiger partial charge on any atom is -0.494 e. The molecule has 0 saturated heterocycles. The fraction of sp³-hybridized carbons (Fsp3) is 0.278. The zero-order valence-corrected chi connectivity index (χ0v) is 14.1. The lowest BCUT2D eigenvalue weighted by Gasteiger charge is -2.21. The zero-order valence-electron chi connectivity index (χ0n) is 14.1. The van der Waals surface area contributed by atoms with E-state index in [-0.39, 0.29) is 31.5 Å². The fourth-order valence-corrected chi connectivity index (χ4v) is 2.67. The standard InChI is InChI=1S/C18H18F2N2O4/c1-24-16-3-2-14(8-15(16)20)22-18(23)21-5-4-11-6-13(19)7-12-9-25-10-26-17(11)12/h2-3,6-8H,4-5,9-10H2,1H3,(H2,21,22,23). The Morgan fingerprint density at radius 3 is 2.88 bits per heavy atom. The molecule has 0 radical (unpaired) electrons. The Hall–Kier alpha value is -2.87. The Morgan fingerprint density at radius 2 is 2.12 bits per heavy atom. The quantitative estimate of drug-likeness (QED) is 0.855. The molecule has 0 aliphatic carbocycles. The third-order valence-electron chi connectivity index (χ3n) is 3.84. The molecule has 0 atom stereocenters. The maximum absolute atomic E-state index is 13.7. The molecule has 2 aromatic carbocycles. The van der Waals surface area contributed by atoms with Crippen molar-refractivity contribution in [3.05, 3.63) is 53.1 Å². The second kappa shape index (κ2) is 8.01. The summed E-state index contributed by atoms with van der Waals surface area (Å²) in [6.45, 7) is 0.657. The molecule has 26 heavy (non-hydrogen) atoms. The molecular formula is C18H18F2N2O4. The summed E-state index contributed by atoms with van der Waals surface area (Å²) < 4.78 is 42.7. The van der Waals surface area contributed by atoms with Gasteiger partial charge in [-0.3, -0.25) is 0 Å². The van der Waals surface area contributed by atoms with Crippen molar-refractivity contribution >= 4 is 11.7 Å². The summed E-state index contributed by atoms with van der Waals surface area (Å²) in [6, 6.07) is 6.36. The number of carbonyl (C=O) groups is 1. The van der Waals surface area contributed by atoms with Crippen molar-refractivity contribution < 1.29 is 27.8 Å². The summed E-state index contributed by atoms with van der Waals surface area (Å²) in [7, 11) is 1.36. The van der Waals surface area contributed by atoms with E-state index in [1.165, 1.54) is 31.4 Å². The first kappa shape index (κ1) is 17.9. The highest BCUT2D eigenvalue weighted by molar-refractivity contribution is 5.89. The number of anilines is 1.